The summed E-state index contributed by atoms with van der Waals surface area (Å²) < 4.78 is 5.23. The number of amides is 2. The molecule has 1 fully saturated rings. The lowest BCUT2D eigenvalue weighted by atomic mass is 10.1. The molecule has 0 aliphatic carbocycles. The largest absolute Gasteiger partial charge is 0.478 e. The Hall–Kier alpha value is -1.96. The predicted octanol–water partition coefficient (Wildman–Crippen LogP) is 2.44. The molecule has 1 N–H and O–H groups in total. The molecule has 1 aliphatic rings. The van der Waals surface area contributed by atoms with E-state index in [0.717, 1.165) is 0 Å². The van der Waals surface area contributed by atoms with Crippen molar-refractivity contribution in [2.24, 2.45) is 0 Å². The molecule has 1 heterocycles. The van der Waals surface area contributed by atoms with Crippen LogP contribution in [0.3, 0.4) is 0 Å². The Bertz CT molecular complexity index is 636. The first-order valence-electron chi connectivity index (χ1n) is 5.61. The number of nitrogens with one attached hydrogen (secondary N) is 1. The normalized spacial score (nSPS) is 16.1. The number of hydrogen-bond acceptors (Lipinski definition) is 3. The number of halogens is 2. The van der Waals surface area contributed by atoms with E-state index in [4.69, 9.17) is 34.4 Å². The van der Waals surface area contributed by atoms with Gasteiger partial charge in [-0.05, 0) is 23.8 Å². The van der Waals surface area contributed by atoms with Gasteiger partial charge in [-0.3, -0.25) is 14.9 Å². The zero-order chi connectivity index (χ0) is 14.7. The topological polar surface area (TPSA) is 55.4 Å². The zero-order valence-electron chi connectivity index (χ0n) is 10.2. The second kappa shape index (κ2) is 6.00. The summed E-state index contributed by atoms with van der Waals surface area (Å²) in [5.74, 6) is 1.87. The Kier molecular flexibility index (Phi) is 4.33. The molecule has 1 aromatic rings. The average molecular weight is 310 g/mol. The molecule has 0 unspecified atom stereocenters. The van der Waals surface area contributed by atoms with E-state index in [1.807, 2.05) is 0 Å². The number of ether oxygens (including phenoxy) is 1. The number of carbonyl (C=O) groups excluding carboxylic acids is 2. The fourth-order valence-electron chi connectivity index (χ4n) is 1.74. The van der Waals surface area contributed by atoms with Crippen molar-refractivity contribution >= 4 is 41.1 Å². The van der Waals surface area contributed by atoms with Crippen molar-refractivity contribution in [3.8, 4) is 18.1 Å². The molecule has 0 spiro atoms. The second-order valence-corrected chi connectivity index (χ2v) is 4.84. The van der Waals surface area contributed by atoms with Gasteiger partial charge in [-0.1, -0.05) is 29.1 Å². The van der Waals surface area contributed by atoms with Crippen LogP contribution in [0.2, 0.25) is 10.0 Å². The third kappa shape index (κ3) is 3.13. The molecule has 0 aromatic heterocycles. The van der Waals surface area contributed by atoms with Gasteiger partial charge in [0.05, 0.1) is 16.5 Å². The fraction of sp³-hybridized carbons (Fsp3) is 0.143. The van der Waals surface area contributed by atoms with E-state index >= 15 is 0 Å². The molecule has 2 amide bonds. The van der Waals surface area contributed by atoms with Gasteiger partial charge < -0.3 is 4.74 Å². The highest BCUT2D eigenvalue weighted by Crippen LogP contribution is 2.35. The van der Waals surface area contributed by atoms with Gasteiger partial charge in [0.25, 0.3) is 5.91 Å². The van der Waals surface area contributed by atoms with Crippen LogP contribution in [0.1, 0.15) is 12.0 Å². The van der Waals surface area contributed by atoms with Crippen LogP contribution in [0.25, 0.3) is 6.08 Å². The maximum atomic E-state index is 11.5. The van der Waals surface area contributed by atoms with Gasteiger partial charge in [0.1, 0.15) is 6.61 Å². The highest BCUT2D eigenvalue weighted by atomic mass is 35.5. The van der Waals surface area contributed by atoms with Crippen molar-refractivity contribution in [1.29, 1.82) is 0 Å². The number of benzene rings is 1. The van der Waals surface area contributed by atoms with Gasteiger partial charge in [0.2, 0.25) is 5.91 Å². The van der Waals surface area contributed by atoms with E-state index in [2.05, 4.69) is 11.2 Å². The van der Waals surface area contributed by atoms with Crippen molar-refractivity contribution in [1.82, 2.24) is 5.32 Å². The Balaban J connectivity index is 2.31. The molecule has 1 saturated heterocycles. The minimum atomic E-state index is -0.407. The lowest BCUT2D eigenvalue weighted by Crippen LogP contribution is -2.19. The van der Waals surface area contributed by atoms with Crippen LogP contribution < -0.4 is 10.1 Å². The molecule has 20 heavy (non-hydrogen) atoms. The molecule has 4 nitrogen and oxygen atoms in total. The van der Waals surface area contributed by atoms with Gasteiger partial charge >= 0.3 is 0 Å². The summed E-state index contributed by atoms with van der Waals surface area (Å²) in [6, 6.07) is 3.17. The standard InChI is InChI=1S/C14H9Cl2NO3/c1-2-3-20-13-10(15)5-8(6-11(13)16)4-9-7-12(18)17-14(9)19/h1,4-6H,3,7H2,(H,17,18,19)/b9-4-. The molecule has 1 aromatic carbocycles. The lowest BCUT2D eigenvalue weighted by molar-refractivity contribution is -0.124. The maximum Gasteiger partial charge on any atom is 0.254 e. The summed E-state index contributed by atoms with van der Waals surface area (Å²) in [5.41, 5.74) is 0.965. The number of terminal acetylenes is 1. The molecule has 102 valence electrons. The number of hydrogen-bond donors (Lipinski definition) is 1. The number of imide groups is 1. The third-order valence-electron chi connectivity index (χ3n) is 2.56. The quantitative estimate of drug-likeness (QED) is 0.530. The average Bonchev–Trinajstić information content (AvgIpc) is 2.67. The smallest absolute Gasteiger partial charge is 0.254 e. The Labute approximate surface area is 125 Å². The van der Waals surface area contributed by atoms with Crippen molar-refractivity contribution < 1.29 is 14.3 Å². The van der Waals surface area contributed by atoms with Gasteiger partial charge in [0, 0.05) is 5.57 Å². The predicted molar refractivity (Wildman–Crippen MR) is 76.5 cm³/mol. The van der Waals surface area contributed by atoms with Crippen LogP contribution in [-0.4, -0.2) is 18.4 Å². The van der Waals surface area contributed by atoms with E-state index in [1.165, 1.54) is 0 Å². The molecule has 0 saturated carbocycles. The Morgan fingerprint density at radius 2 is 2.00 bits per heavy atom. The lowest BCUT2D eigenvalue weighted by Gasteiger charge is -2.08. The van der Waals surface area contributed by atoms with Crippen LogP contribution in [0, 0.1) is 12.3 Å². The van der Waals surface area contributed by atoms with Gasteiger partial charge in [0.15, 0.2) is 5.75 Å². The van der Waals surface area contributed by atoms with Gasteiger partial charge in [-0.25, -0.2) is 0 Å². The first-order valence-corrected chi connectivity index (χ1v) is 6.37. The van der Waals surface area contributed by atoms with Crippen LogP contribution >= 0.6 is 23.2 Å². The Morgan fingerprint density at radius 3 is 2.50 bits per heavy atom. The molecule has 1 aliphatic heterocycles. The van der Waals surface area contributed by atoms with Crippen molar-refractivity contribution in [3.63, 3.8) is 0 Å². The zero-order valence-corrected chi connectivity index (χ0v) is 11.7. The SMILES string of the molecule is C#CCOc1c(Cl)cc(/C=C2/CC(=O)NC2=O)cc1Cl. The van der Waals surface area contributed by atoms with E-state index in [9.17, 15) is 9.59 Å². The summed E-state index contributed by atoms with van der Waals surface area (Å²) in [4.78, 5) is 22.6. The number of carbonyl (C=O) groups is 2. The second-order valence-electron chi connectivity index (χ2n) is 4.03. The van der Waals surface area contributed by atoms with E-state index < -0.39 is 5.91 Å². The van der Waals surface area contributed by atoms with Crippen molar-refractivity contribution in [2.45, 2.75) is 6.42 Å². The molecule has 0 bridgehead atoms. The van der Waals surface area contributed by atoms with E-state index in [0.29, 0.717) is 16.9 Å². The third-order valence-corrected chi connectivity index (χ3v) is 3.12. The van der Waals surface area contributed by atoms with Crippen LogP contribution in [0.15, 0.2) is 17.7 Å². The first kappa shape index (κ1) is 14.4. The van der Waals surface area contributed by atoms with Gasteiger partial charge in [-0.2, -0.15) is 0 Å². The summed E-state index contributed by atoms with van der Waals surface area (Å²) in [6.07, 6.45) is 6.70. The Morgan fingerprint density at radius 1 is 1.35 bits per heavy atom. The molecule has 6 heteroatoms. The summed E-state index contributed by atoms with van der Waals surface area (Å²) in [7, 11) is 0. The summed E-state index contributed by atoms with van der Waals surface area (Å²) in [6.45, 7) is 0.0524. The van der Waals surface area contributed by atoms with Crippen LogP contribution in [0.5, 0.6) is 5.75 Å². The summed E-state index contributed by atoms with van der Waals surface area (Å²) in [5, 5.41) is 2.76. The van der Waals surface area contributed by atoms with Crippen LogP contribution in [0.4, 0.5) is 0 Å². The maximum absolute atomic E-state index is 11.5. The minimum Gasteiger partial charge on any atom is -0.478 e. The molecular formula is C14H9Cl2NO3. The molecule has 2 rings (SSSR count). The summed E-state index contributed by atoms with van der Waals surface area (Å²) >= 11 is 12.1. The van der Waals surface area contributed by atoms with Gasteiger partial charge in [-0.15, -0.1) is 6.42 Å². The number of rotatable bonds is 3. The monoisotopic (exact) mass is 309 g/mol. The van der Waals surface area contributed by atoms with Crippen LogP contribution in [-0.2, 0) is 9.59 Å². The highest BCUT2D eigenvalue weighted by Gasteiger charge is 2.23. The molecular weight excluding hydrogens is 301 g/mol. The van der Waals surface area contributed by atoms with Crippen molar-refractivity contribution in [2.75, 3.05) is 6.61 Å². The fourth-order valence-corrected chi connectivity index (χ4v) is 2.35. The minimum absolute atomic E-state index is 0.0451. The molecule has 0 atom stereocenters. The molecule has 0 radical (unpaired) electrons. The first-order chi connectivity index (χ1) is 9.51. The van der Waals surface area contributed by atoms with Crippen molar-refractivity contribution in [3.05, 3.63) is 33.3 Å². The van der Waals surface area contributed by atoms with E-state index in [-0.39, 0.29) is 29.0 Å². The highest BCUT2D eigenvalue weighted by molar-refractivity contribution is 6.37. The van der Waals surface area contributed by atoms with E-state index in [1.54, 1.807) is 18.2 Å².